The monoisotopic (exact) mass is 356 g/mol. The lowest BCUT2D eigenvalue weighted by molar-refractivity contribution is -0.127. The molecule has 0 aromatic heterocycles. The maximum absolute atomic E-state index is 12.6. The van der Waals surface area contributed by atoms with Crippen LogP contribution in [0.4, 0.5) is 0 Å². The maximum atomic E-state index is 12.6. The fraction of sp³-hybridized carbons (Fsp3) is 0.438. The van der Waals surface area contributed by atoms with Gasteiger partial charge in [0.25, 0.3) is 0 Å². The van der Waals surface area contributed by atoms with Crippen LogP contribution in [0.15, 0.2) is 41.3 Å². The van der Waals surface area contributed by atoms with Crippen molar-refractivity contribution >= 4 is 27.5 Å². The number of sulfonamides is 1. The Kier molecular flexibility index (Phi) is 6.21. The number of halogens is 1. The number of carbonyl (C=O) groups excluding carboxylic acids is 1. The molecule has 0 bridgehead atoms. The molecule has 1 aliphatic rings. The average molecular weight is 357 g/mol. The van der Waals surface area contributed by atoms with Crippen LogP contribution in [-0.4, -0.2) is 49.7 Å². The van der Waals surface area contributed by atoms with E-state index < -0.39 is 10.0 Å². The molecule has 1 aliphatic heterocycles. The second kappa shape index (κ2) is 7.95. The Morgan fingerprint density at radius 2 is 1.96 bits per heavy atom. The van der Waals surface area contributed by atoms with E-state index in [4.69, 9.17) is 11.6 Å². The summed E-state index contributed by atoms with van der Waals surface area (Å²) in [6.45, 7) is 3.43. The van der Waals surface area contributed by atoms with Crippen LogP contribution < -0.4 is 0 Å². The van der Waals surface area contributed by atoms with E-state index in [9.17, 15) is 13.2 Å². The van der Waals surface area contributed by atoms with Crippen LogP contribution in [-0.2, 0) is 14.8 Å². The van der Waals surface area contributed by atoms with E-state index in [1.807, 2.05) is 13.0 Å². The Morgan fingerprint density at radius 3 is 2.57 bits per heavy atom. The summed E-state index contributed by atoms with van der Waals surface area (Å²) in [4.78, 5) is 13.9. The Bertz CT molecular complexity index is 680. The lowest BCUT2D eigenvalue weighted by atomic mass is 10.3. The molecule has 0 radical (unpaired) electrons. The number of unbranched alkanes of at least 4 members (excludes halogenated alkanes) is 1. The SMILES string of the molecule is CCC/C=C/C(=O)N1CCN(S(=O)(=O)c2cccc(Cl)c2)CC1. The minimum atomic E-state index is -3.56. The van der Waals surface area contributed by atoms with Gasteiger partial charge in [-0.3, -0.25) is 4.79 Å². The van der Waals surface area contributed by atoms with Gasteiger partial charge in [0.1, 0.15) is 0 Å². The van der Waals surface area contributed by atoms with Crippen LogP contribution in [0.3, 0.4) is 0 Å². The number of allylic oxidation sites excluding steroid dienone is 1. The summed E-state index contributed by atoms with van der Waals surface area (Å²) in [5.74, 6) is -0.0572. The second-order valence-corrected chi connectivity index (χ2v) is 7.75. The third-order valence-electron chi connectivity index (χ3n) is 3.70. The number of benzene rings is 1. The van der Waals surface area contributed by atoms with Gasteiger partial charge in [0.05, 0.1) is 4.90 Å². The van der Waals surface area contributed by atoms with Crippen molar-refractivity contribution < 1.29 is 13.2 Å². The fourth-order valence-electron chi connectivity index (χ4n) is 2.38. The van der Waals surface area contributed by atoms with Crippen molar-refractivity contribution in [3.8, 4) is 0 Å². The minimum absolute atomic E-state index is 0.0572. The van der Waals surface area contributed by atoms with Gasteiger partial charge in [-0.05, 0) is 30.7 Å². The minimum Gasteiger partial charge on any atom is -0.337 e. The molecule has 0 N–H and O–H groups in total. The van der Waals surface area contributed by atoms with Crippen molar-refractivity contribution in [2.75, 3.05) is 26.2 Å². The van der Waals surface area contributed by atoms with E-state index in [1.165, 1.54) is 16.4 Å². The van der Waals surface area contributed by atoms with E-state index in [-0.39, 0.29) is 10.8 Å². The van der Waals surface area contributed by atoms with Crippen molar-refractivity contribution in [2.24, 2.45) is 0 Å². The summed E-state index contributed by atoms with van der Waals surface area (Å²) in [7, 11) is -3.56. The fourth-order valence-corrected chi connectivity index (χ4v) is 4.11. The zero-order valence-electron chi connectivity index (χ0n) is 13.1. The molecule has 0 aliphatic carbocycles. The molecule has 5 nitrogen and oxygen atoms in total. The number of piperazine rings is 1. The molecule has 2 rings (SSSR count). The molecule has 1 aromatic carbocycles. The zero-order valence-corrected chi connectivity index (χ0v) is 14.7. The van der Waals surface area contributed by atoms with Gasteiger partial charge >= 0.3 is 0 Å². The van der Waals surface area contributed by atoms with Crippen molar-refractivity contribution in [1.82, 2.24) is 9.21 Å². The van der Waals surface area contributed by atoms with E-state index in [2.05, 4.69) is 0 Å². The third-order valence-corrected chi connectivity index (χ3v) is 5.83. The number of hydrogen-bond donors (Lipinski definition) is 0. The van der Waals surface area contributed by atoms with E-state index in [0.29, 0.717) is 31.2 Å². The first-order valence-corrected chi connectivity index (χ1v) is 9.48. The first-order valence-electron chi connectivity index (χ1n) is 7.66. The van der Waals surface area contributed by atoms with Crippen molar-refractivity contribution in [3.63, 3.8) is 0 Å². The molecule has 126 valence electrons. The summed E-state index contributed by atoms with van der Waals surface area (Å²) in [5.41, 5.74) is 0. The van der Waals surface area contributed by atoms with Crippen LogP contribution in [0.5, 0.6) is 0 Å². The normalized spacial score (nSPS) is 16.9. The Labute approximate surface area is 142 Å². The molecule has 7 heteroatoms. The Hall–Kier alpha value is -1.37. The summed E-state index contributed by atoms with van der Waals surface area (Å²) >= 11 is 5.87. The summed E-state index contributed by atoms with van der Waals surface area (Å²) < 4.78 is 26.6. The molecule has 1 aromatic rings. The van der Waals surface area contributed by atoms with Crippen molar-refractivity contribution in [2.45, 2.75) is 24.7 Å². The van der Waals surface area contributed by atoms with Crippen LogP contribution in [0.1, 0.15) is 19.8 Å². The van der Waals surface area contributed by atoms with E-state index in [1.54, 1.807) is 23.1 Å². The number of amides is 1. The predicted octanol–water partition coefficient (Wildman–Crippen LogP) is 2.53. The summed E-state index contributed by atoms with van der Waals surface area (Å²) in [6, 6.07) is 6.24. The highest BCUT2D eigenvalue weighted by Crippen LogP contribution is 2.20. The smallest absolute Gasteiger partial charge is 0.246 e. The molecule has 1 heterocycles. The van der Waals surface area contributed by atoms with Gasteiger partial charge in [-0.15, -0.1) is 0 Å². The number of nitrogens with zero attached hydrogens (tertiary/aromatic N) is 2. The lowest BCUT2D eigenvalue weighted by Gasteiger charge is -2.33. The Balaban J connectivity index is 2.00. The van der Waals surface area contributed by atoms with Crippen LogP contribution in [0.25, 0.3) is 0 Å². The topological polar surface area (TPSA) is 57.7 Å². The molecular formula is C16H21ClN2O3S. The number of carbonyl (C=O) groups is 1. The molecule has 1 saturated heterocycles. The van der Waals surface area contributed by atoms with E-state index in [0.717, 1.165) is 12.8 Å². The highest BCUT2D eigenvalue weighted by molar-refractivity contribution is 7.89. The highest BCUT2D eigenvalue weighted by Gasteiger charge is 2.29. The third kappa shape index (κ3) is 4.56. The van der Waals surface area contributed by atoms with Gasteiger partial charge in [-0.25, -0.2) is 8.42 Å². The second-order valence-electron chi connectivity index (χ2n) is 5.38. The Morgan fingerprint density at radius 1 is 1.26 bits per heavy atom. The molecule has 0 unspecified atom stereocenters. The predicted molar refractivity (Wildman–Crippen MR) is 90.8 cm³/mol. The lowest BCUT2D eigenvalue weighted by Crippen LogP contribution is -2.50. The first kappa shape index (κ1) is 18.0. The first-order chi connectivity index (χ1) is 10.9. The molecule has 23 heavy (non-hydrogen) atoms. The van der Waals surface area contributed by atoms with Gasteiger partial charge in [0, 0.05) is 31.2 Å². The molecule has 0 saturated carbocycles. The van der Waals surface area contributed by atoms with Crippen molar-refractivity contribution in [1.29, 1.82) is 0 Å². The molecule has 1 fully saturated rings. The molecule has 0 atom stereocenters. The molecule has 1 amide bonds. The van der Waals surface area contributed by atoms with Gasteiger partial charge < -0.3 is 4.90 Å². The van der Waals surface area contributed by atoms with Crippen molar-refractivity contribution in [3.05, 3.63) is 41.4 Å². The number of rotatable bonds is 5. The quantitative estimate of drug-likeness (QED) is 0.762. The maximum Gasteiger partial charge on any atom is 0.246 e. The molecular weight excluding hydrogens is 336 g/mol. The average Bonchev–Trinajstić information content (AvgIpc) is 2.55. The van der Waals surface area contributed by atoms with Crippen LogP contribution in [0.2, 0.25) is 5.02 Å². The van der Waals surface area contributed by atoms with Gasteiger partial charge in [0.2, 0.25) is 15.9 Å². The van der Waals surface area contributed by atoms with Gasteiger partial charge in [0.15, 0.2) is 0 Å². The van der Waals surface area contributed by atoms with Gasteiger partial charge in [-0.2, -0.15) is 4.31 Å². The van der Waals surface area contributed by atoms with Crippen LogP contribution in [0, 0.1) is 0 Å². The van der Waals surface area contributed by atoms with Crippen LogP contribution >= 0.6 is 11.6 Å². The zero-order chi connectivity index (χ0) is 16.9. The summed E-state index contributed by atoms with van der Waals surface area (Å²) in [5, 5.41) is 0.390. The molecule has 0 spiro atoms. The summed E-state index contributed by atoms with van der Waals surface area (Å²) in [6.07, 6.45) is 5.30. The highest BCUT2D eigenvalue weighted by atomic mass is 35.5. The number of hydrogen-bond acceptors (Lipinski definition) is 3. The largest absolute Gasteiger partial charge is 0.337 e. The van der Waals surface area contributed by atoms with Gasteiger partial charge in [-0.1, -0.05) is 37.1 Å². The van der Waals surface area contributed by atoms with E-state index >= 15 is 0 Å². The standard InChI is InChI=1S/C16H21ClN2O3S/c1-2-3-4-8-16(20)18-9-11-19(12-10-18)23(21,22)15-7-5-6-14(17)13-15/h4-8,13H,2-3,9-12H2,1H3/b8-4+.